The Kier molecular flexibility index (Phi) is 5.07. The number of amides is 1. The second-order valence-electron chi connectivity index (χ2n) is 5.69. The third kappa shape index (κ3) is 4.13. The van der Waals surface area contributed by atoms with E-state index in [4.69, 9.17) is 4.74 Å². The van der Waals surface area contributed by atoms with Gasteiger partial charge in [0.25, 0.3) is 5.91 Å². The molecule has 132 valence electrons. The van der Waals surface area contributed by atoms with Gasteiger partial charge in [-0.1, -0.05) is 18.2 Å². The fraction of sp³-hybridized carbons (Fsp3) is 0.105. The van der Waals surface area contributed by atoms with Gasteiger partial charge in [-0.3, -0.25) is 4.79 Å². The highest BCUT2D eigenvalue weighted by Crippen LogP contribution is 2.21. The second kappa shape index (κ2) is 7.60. The van der Waals surface area contributed by atoms with Crippen LogP contribution in [0.2, 0.25) is 0 Å². The third-order valence-corrected chi connectivity index (χ3v) is 3.55. The summed E-state index contributed by atoms with van der Waals surface area (Å²) in [6, 6.07) is 13.2. The minimum atomic E-state index is -0.505. The Morgan fingerprint density at radius 1 is 1.08 bits per heavy atom. The van der Waals surface area contributed by atoms with Gasteiger partial charge in [-0.15, -0.1) is 0 Å². The molecule has 3 aromatic rings. The largest absolute Gasteiger partial charge is 0.421 e. The Morgan fingerprint density at radius 3 is 2.50 bits per heavy atom. The highest BCUT2D eigenvalue weighted by molar-refractivity contribution is 6.04. The van der Waals surface area contributed by atoms with Gasteiger partial charge in [0, 0.05) is 25.3 Å². The van der Waals surface area contributed by atoms with Crippen LogP contribution in [0.25, 0.3) is 0 Å². The lowest BCUT2D eigenvalue weighted by molar-refractivity contribution is 0.102. The molecular formula is C19H17FN4O2. The number of hydrogen-bond donors (Lipinski definition) is 1. The molecule has 2 aromatic carbocycles. The van der Waals surface area contributed by atoms with Gasteiger partial charge in [-0.25, -0.2) is 14.4 Å². The number of nitrogens with one attached hydrogen (secondary N) is 1. The van der Waals surface area contributed by atoms with E-state index in [-0.39, 0.29) is 17.7 Å². The molecule has 1 N–H and O–H groups in total. The predicted molar refractivity (Wildman–Crippen MR) is 97.2 cm³/mol. The fourth-order valence-electron chi connectivity index (χ4n) is 2.19. The number of para-hydroxylation sites is 1. The van der Waals surface area contributed by atoms with Crippen LogP contribution < -0.4 is 15.0 Å². The lowest BCUT2D eigenvalue weighted by Crippen LogP contribution is -2.14. The average molecular weight is 352 g/mol. The van der Waals surface area contributed by atoms with Crippen LogP contribution in [0.1, 0.15) is 10.4 Å². The summed E-state index contributed by atoms with van der Waals surface area (Å²) in [5.74, 6) is -0.751. The number of hydrogen-bond acceptors (Lipinski definition) is 5. The van der Waals surface area contributed by atoms with Crippen molar-refractivity contribution in [1.82, 2.24) is 9.97 Å². The van der Waals surface area contributed by atoms with Gasteiger partial charge < -0.3 is 15.0 Å². The van der Waals surface area contributed by atoms with Crippen LogP contribution >= 0.6 is 0 Å². The molecule has 6 nitrogen and oxygen atoms in total. The zero-order chi connectivity index (χ0) is 18.5. The van der Waals surface area contributed by atoms with Crippen molar-refractivity contribution < 1.29 is 13.9 Å². The highest BCUT2D eigenvalue weighted by atomic mass is 19.1. The van der Waals surface area contributed by atoms with Gasteiger partial charge in [0.15, 0.2) is 11.6 Å². The van der Waals surface area contributed by atoms with Crippen molar-refractivity contribution in [3.63, 3.8) is 0 Å². The molecule has 0 unspecified atom stereocenters. The summed E-state index contributed by atoms with van der Waals surface area (Å²) in [6.07, 6.45) is 2.80. The number of ether oxygens (including phenoxy) is 1. The van der Waals surface area contributed by atoms with E-state index in [0.29, 0.717) is 11.3 Å². The van der Waals surface area contributed by atoms with Crippen LogP contribution in [-0.2, 0) is 0 Å². The van der Waals surface area contributed by atoms with Crippen molar-refractivity contribution in [2.24, 2.45) is 0 Å². The van der Waals surface area contributed by atoms with Crippen LogP contribution in [0.15, 0.2) is 60.9 Å². The Morgan fingerprint density at radius 2 is 1.81 bits per heavy atom. The molecule has 0 aliphatic heterocycles. The fourth-order valence-corrected chi connectivity index (χ4v) is 2.19. The molecule has 1 heterocycles. The average Bonchev–Trinajstić information content (AvgIpc) is 2.65. The molecule has 0 fully saturated rings. The molecule has 0 aliphatic rings. The van der Waals surface area contributed by atoms with E-state index in [1.54, 1.807) is 24.3 Å². The van der Waals surface area contributed by atoms with E-state index >= 15 is 0 Å². The molecule has 7 heteroatoms. The first-order valence-corrected chi connectivity index (χ1v) is 7.86. The summed E-state index contributed by atoms with van der Waals surface area (Å²) in [5, 5.41) is 2.71. The van der Waals surface area contributed by atoms with Crippen molar-refractivity contribution in [3.05, 3.63) is 72.3 Å². The van der Waals surface area contributed by atoms with E-state index in [1.807, 2.05) is 31.1 Å². The molecular weight excluding hydrogens is 335 g/mol. The molecule has 3 rings (SSSR count). The van der Waals surface area contributed by atoms with Crippen molar-refractivity contribution in [2.75, 3.05) is 24.3 Å². The molecule has 0 atom stereocenters. The molecule has 1 aromatic heterocycles. The standard InChI is InChI=1S/C19H17FN4O2/c1-24(2)15-7-5-6-13(10-15)18(25)23-14-11-21-19(22-12-14)26-17-9-4-3-8-16(17)20/h3-12H,1-2H3,(H,23,25). The van der Waals surface area contributed by atoms with Crippen LogP contribution in [0, 0.1) is 5.82 Å². The number of halogens is 1. The van der Waals surface area contributed by atoms with Gasteiger partial charge in [0.05, 0.1) is 18.1 Å². The predicted octanol–water partition coefficient (Wildman–Crippen LogP) is 3.73. The first-order chi connectivity index (χ1) is 12.5. The minimum absolute atomic E-state index is 0.0114. The van der Waals surface area contributed by atoms with Crippen molar-refractivity contribution in [2.45, 2.75) is 0 Å². The van der Waals surface area contributed by atoms with Crippen LogP contribution in [0.3, 0.4) is 0 Å². The number of nitrogens with zero attached hydrogens (tertiary/aromatic N) is 3. The van der Waals surface area contributed by atoms with Crippen LogP contribution in [-0.4, -0.2) is 30.0 Å². The van der Waals surface area contributed by atoms with Gasteiger partial charge in [-0.2, -0.15) is 0 Å². The lowest BCUT2D eigenvalue weighted by atomic mass is 10.2. The molecule has 0 saturated heterocycles. The SMILES string of the molecule is CN(C)c1cccc(C(=O)Nc2cnc(Oc3ccccc3F)nc2)c1. The zero-order valence-corrected chi connectivity index (χ0v) is 14.3. The number of benzene rings is 2. The van der Waals surface area contributed by atoms with E-state index < -0.39 is 5.82 Å². The number of rotatable bonds is 5. The maximum absolute atomic E-state index is 13.6. The quantitative estimate of drug-likeness (QED) is 0.758. The van der Waals surface area contributed by atoms with Crippen LogP contribution in [0.5, 0.6) is 11.8 Å². The van der Waals surface area contributed by atoms with E-state index in [0.717, 1.165) is 5.69 Å². The van der Waals surface area contributed by atoms with Crippen LogP contribution in [0.4, 0.5) is 15.8 Å². The molecule has 1 amide bonds. The molecule has 26 heavy (non-hydrogen) atoms. The minimum Gasteiger partial charge on any atom is -0.421 e. The second-order valence-corrected chi connectivity index (χ2v) is 5.69. The number of anilines is 2. The third-order valence-electron chi connectivity index (χ3n) is 3.55. The molecule has 0 aliphatic carbocycles. The monoisotopic (exact) mass is 352 g/mol. The number of aromatic nitrogens is 2. The van der Waals surface area contributed by atoms with Gasteiger partial charge in [0.1, 0.15) is 0 Å². The topological polar surface area (TPSA) is 67.4 Å². The van der Waals surface area contributed by atoms with E-state index in [1.165, 1.54) is 24.5 Å². The Hall–Kier alpha value is -3.48. The maximum atomic E-state index is 13.6. The Balaban J connectivity index is 1.68. The van der Waals surface area contributed by atoms with E-state index in [9.17, 15) is 9.18 Å². The Labute approximate surface area is 150 Å². The maximum Gasteiger partial charge on any atom is 0.322 e. The summed E-state index contributed by atoms with van der Waals surface area (Å²) in [6.45, 7) is 0. The molecule has 0 bridgehead atoms. The summed E-state index contributed by atoms with van der Waals surface area (Å²) in [4.78, 5) is 22.2. The number of carbonyl (C=O) groups is 1. The summed E-state index contributed by atoms with van der Waals surface area (Å²) in [5.41, 5.74) is 1.84. The summed E-state index contributed by atoms with van der Waals surface area (Å²) in [7, 11) is 3.80. The van der Waals surface area contributed by atoms with Gasteiger partial charge in [0.2, 0.25) is 0 Å². The van der Waals surface area contributed by atoms with E-state index in [2.05, 4.69) is 15.3 Å². The highest BCUT2D eigenvalue weighted by Gasteiger charge is 2.10. The molecule has 0 spiro atoms. The summed E-state index contributed by atoms with van der Waals surface area (Å²) >= 11 is 0. The first-order valence-electron chi connectivity index (χ1n) is 7.86. The zero-order valence-electron chi connectivity index (χ0n) is 14.3. The summed E-state index contributed by atoms with van der Waals surface area (Å²) < 4.78 is 18.8. The molecule has 0 saturated carbocycles. The normalized spacial score (nSPS) is 10.3. The van der Waals surface area contributed by atoms with Crippen molar-refractivity contribution in [1.29, 1.82) is 0 Å². The smallest absolute Gasteiger partial charge is 0.322 e. The Bertz CT molecular complexity index is 913. The van der Waals surface area contributed by atoms with Gasteiger partial charge >= 0.3 is 6.01 Å². The first kappa shape index (κ1) is 17.3. The van der Waals surface area contributed by atoms with Crippen molar-refractivity contribution in [3.8, 4) is 11.8 Å². The molecule has 0 radical (unpaired) electrons. The van der Waals surface area contributed by atoms with Crippen molar-refractivity contribution >= 4 is 17.3 Å². The van der Waals surface area contributed by atoms with Gasteiger partial charge in [-0.05, 0) is 30.3 Å². The number of carbonyl (C=O) groups excluding carboxylic acids is 1. The lowest BCUT2D eigenvalue weighted by Gasteiger charge is -2.13.